The van der Waals surface area contributed by atoms with Crippen LogP contribution >= 0.6 is 0 Å². The molecule has 1 aromatic rings. The van der Waals surface area contributed by atoms with E-state index >= 15 is 0 Å². The number of aliphatic imine (C=N–C) groups is 1. The van der Waals surface area contributed by atoms with Gasteiger partial charge < -0.3 is 5.11 Å². The SMILES string of the molecule is OCC1CN=CCC1c1ccc(F)cc1. The molecule has 1 aliphatic rings. The smallest absolute Gasteiger partial charge is 0.123 e. The van der Waals surface area contributed by atoms with Gasteiger partial charge in [0.25, 0.3) is 0 Å². The molecule has 2 atom stereocenters. The highest BCUT2D eigenvalue weighted by molar-refractivity contribution is 5.60. The van der Waals surface area contributed by atoms with Gasteiger partial charge in [0, 0.05) is 19.1 Å². The van der Waals surface area contributed by atoms with Crippen molar-refractivity contribution >= 4 is 6.21 Å². The molecular weight excluding hydrogens is 193 g/mol. The van der Waals surface area contributed by atoms with Crippen molar-refractivity contribution in [2.75, 3.05) is 13.2 Å². The minimum absolute atomic E-state index is 0.138. The van der Waals surface area contributed by atoms with Crippen LogP contribution in [0.2, 0.25) is 0 Å². The summed E-state index contributed by atoms with van der Waals surface area (Å²) in [5, 5.41) is 9.23. The molecule has 0 spiro atoms. The molecule has 1 aromatic carbocycles. The third kappa shape index (κ3) is 2.23. The van der Waals surface area contributed by atoms with E-state index in [2.05, 4.69) is 4.99 Å². The van der Waals surface area contributed by atoms with Crippen LogP contribution in [0.4, 0.5) is 4.39 Å². The van der Waals surface area contributed by atoms with Gasteiger partial charge in [-0.3, -0.25) is 4.99 Å². The van der Waals surface area contributed by atoms with Crippen molar-refractivity contribution in [3.05, 3.63) is 35.6 Å². The van der Waals surface area contributed by atoms with Crippen molar-refractivity contribution in [3.63, 3.8) is 0 Å². The van der Waals surface area contributed by atoms with Crippen LogP contribution in [0.3, 0.4) is 0 Å². The highest BCUT2D eigenvalue weighted by Crippen LogP contribution is 2.30. The molecular formula is C12H14FNO. The van der Waals surface area contributed by atoms with Crippen LogP contribution in [0.1, 0.15) is 17.9 Å². The van der Waals surface area contributed by atoms with Crippen LogP contribution < -0.4 is 0 Å². The van der Waals surface area contributed by atoms with Crippen molar-refractivity contribution in [2.45, 2.75) is 12.3 Å². The summed E-state index contributed by atoms with van der Waals surface area (Å²) in [7, 11) is 0. The van der Waals surface area contributed by atoms with E-state index in [1.165, 1.54) is 12.1 Å². The molecule has 1 N–H and O–H groups in total. The zero-order chi connectivity index (χ0) is 10.7. The van der Waals surface area contributed by atoms with Gasteiger partial charge in [0.2, 0.25) is 0 Å². The summed E-state index contributed by atoms with van der Waals surface area (Å²) in [5.74, 6) is 0.220. The van der Waals surface area contributed by atoms with Gasteiger partial charge in [-0.1, -0.05) is 12.1 Å². The van der Waals surface area contributed by atoms with Crippen molar-refractivity contribution in [2.24, 2.45) is 10.9 Å². The Bertz CT molecular complexity index is 347. The molecule has 3 heteroatoms. The quantitative estimate of drug-likeness (QED) is 0.790. The first-order valence-corrected chi connectivity index (χ1v) is 5.16. The molecule has 0 aliphatic carbocycles. The number of nitrogens with zero attached hydrogens (tertiary/aromatic N) is 1. The van der Waals surface area contributed by atoms with Gasteiger partial charge in [-0.15, -0.1) is 0 Å². The van der Waals surface area contributed by atoms with Gasteiger partial charge in [0.1, 0.15) is 5.82 Å². The molecule has 0 fully saturated rings. The van der Waals surface area contributed by atoms with Crippen molar-refractivity contribution < 1.29 is 9.50 Å². The zero-order valence-electron chi connectivity index (χ0n) is 8.44. The molecule has 2 unspecified atom stereocenters. The molecule has 2 rings (SSSR count). The van der Waals surface area contributed by atoms with E-state index in [4.69, 9.17) is 0 Å². The fraction of sp³-hybridized carbons (Fsp3) is 0.417. The van der Waals surface area contributed by atoms with Crippen LogP contribution in [0, 0.1) is 11.7 Å². The molecule has 0 saturated carbocycles. The highest BCUT2D eigenvalue weighted by Gasteiger charge is 2.23. The fourth-order valence-electron chi connectivity index (χ4n) is 2.02. The molecule has 1 aliphatic heterocycles. The van der Waals surface area contributed by atoms with E-state index in [-0.39, 0.29) is 24.3 Å². The van der Waals surface area contributed by atoms with E-state index in [1.807, 2.05) is 6.21 Å². The predicted octanol–water partition coefficient (Wildman–Crippen LogP) is 1.99. The Kier molecular flexibility index (Phi) is 3.11. The summed E-state index contributed by atoms with van der Waals surface area (Å²) in [6.07, 6.45) is 2.72. The average molecular weight is 207 g/mol. The maximum Gasteiger partial charge on any atom is 0.123 e. The van der Waals surface area contributed by atoms with Crippen LogP contribution in [0.25, 0.3) is 0 Å². The minimum atomic E-state index is -0.219. The van der Waals surface area contributed by atoms with E-state index in [0.717, 1.165) is 12.0 Å². The molecule has 0 saturated heterocycles. The summed E-state index contributed by atoms with van der Waals surface area (Å²) in [5.41, 5.74) is 1.08. The van der Waals surface area contributed by atoms with Gasteiger partial charge in [0.15, 0.2) is 0 Å². The van der Waals surface area contributed by atoms with Gasteiger partial charge in [0.05, 0.1) is 0 Å². The summed E-state index contributed by atoms with van der Waals surface area (Å²) in [6, 6.07) is 6.52. The Morgan fingerprint density at radius 3 is 2.73 bits per heavy atom. The largest absolute Gasteiger partial charge is 0.396 e. The van der Waals surface area contributed by atoms with E-state index in [0.29, 0.717) is 6.54 Å². The van der Waals surface area contributed by atoms with Gasteiger partial charge >= 0.3 is 0 Å². The molecule has 2 nitrogen and oxygen atoms in total. The minimum Gasteiger partial charge on any atom is -0.396 e. The second-order valence-electron chi connectivity index (χ2n) is 3.88. The molecule has 1 heterocycles. The first-order chi connectivity index (χ1) is 7.31. The first kappa shape index (κ1) is 10.3. The van der Waals surface area contributed by atoms with E-state index in [9.17, 15) is 9.50 Å². The van der Waals surface area contributed by atoms with Crippen molar-refractivity contribution in [1.29, 1.82) is 0 Å². The molecule has 0 radical (unpaired) electrons. The Morgan fingerprint density at radius 2 is 2.07 bits per heavy atom. The summed E-state index contributed by atoms with van der Waals surface area (Å²) < 4.78 is 12.8. The highest BCUT2D eigenvalue weighted by atomic mass is 19.1. The third-order valence-corrected chi connectivity index (χ3v) is 2.93. The van der Waals surface area contributed by atoms with Crippen molar-refractivity contribution in [3.8, 4) is 0 Å². The van der Waals surface area contributed by atoms with Gasteiger partial charge in [-0.25, -0.2) is 4.39 Å². The lowest BCUT2D eigenvalue weighted by Gasteiger charge is -2.26. The third-order valence-electron chi connectivity index (χ3n) is 2.93. The van der Waals surface area contributed by atoms with Crippen molar-refractivity contribution in [1.82, 2.24) is 0 Å². The zero-order valence-corrected chi connectivity index (χ0v) is 8.44. The van der Waals surface area contributed by atoms with E-state index in [1.54, 1.807) is 12.1 Å². The maximum absolute atomic E-state index is 12.8. The summed E-state index contributed by atoms with van der Waals surface area (Å²) in [4.78, 5) is 4.16. The van der Waals surface area contributed by atoms with Gasteiger partial charge in [-0.05, 0) is 36.2 Å². The Labute approximate surface area is 88.5 Å². The average Bonchev–Trinajstić information content (AvgIpc) is 2.30. The van der Waals surface area contributed by atoms with Crippen LogP contribution in [0.15, 0.2) is 29.3 Å². The lowest BCUT2D eigenvalue weighted by molar-refractivity contribution is 0.206. The van der Waals surface area contributed by atoms with E-state index < -0.39 is 0 Å². The molecule has 15 heavy (non-hydrogen) atoms. The fourth-order valence-corrected chi connectivity index (χ4v) is 2.02. The second-order valence-corrected chi connectivity index (χ2v) is 3.88. The lowest BCUT2D eigenvalue weighted by atomic mass is 9.83. The number of halogens is 1. The number of aliphatic hydroxyl groups excluding tert-OH is 1. The second kappa shape index (κ2) is 4.53. The Hall–Kier alpha value is -1.22. The first-order valence-electron chi connectivity index (χ1n) is 5.16. The lowest BCUT2D eigenvalue weighted by Crippen LogP contribution is -2.23. The normalized spacial score (nSPS) is 25.5. The number of benzene rings is 1. The van der Waals surface area contributed by atoms with Crippen LogP contribution in [-0.4, -0.2) is 24.5 Å². The molecule has 0 amide bonds. The Balaban J connectivity index is 2.21. The van der Waals surface area contributed by atoms with Crippen LogP contribution in [0.5, 0.6) is 0 Å². The van der Waals surface area contributed by atoms with Gasteiger partial charge in [-0.2, -0.15) is 0 Å². The number of hydrogen-bond acceptors (Lipinski definition) is 2. The standard InChI is InChI=1S/C12H14FNO/c13-11-3-1-9(2-4-11)12-5-6-14-7-10(12)8-15/h1-4,6,10,12,15H,5,7-8H2. The predicted molar refractivity (Wildman–Crippen MR) is 57.7 cm³/mol. The molecule has 80 valence electrons. The summed E-state index contributed by atoms with van der Waals surface area (Å²) >= 11 is 0. The molecule has 0 aromatic heterocycles. The summed E-state index contributed by atoms with van der Waals surface area (Å²) in [6.45, 7) is 0.803. The topological polar surface area (TPSA) is 32.6 Å². The molecule has 0 bridgehead atoms. The number of rotatable bonds is 2. The Morgan fingerprint density at radius 1 is 1.33 bits per heavy atom. The monoisotopic (exact) mass is 207 g/mol. The number of hydrogen-bond donors (Lipinski definition) is 1. The number of aliphatic hydroxyl groups is 1. The van der Waals surface area contributed by atoms with Crippen LogP contribution in [-0.2, 0) is 0 Å². The maximum atomic E-state index is 12.8.